The summed E-state index contributed by atoms with van der Waals surface area (Å²) in [7, 11) is 0. The van der Waals surface area contributed by atoms with Gasteiger partial charge in [0.2, 0.25) is 5.91 Å². The minimum absolute atomic E-state index is 0.179. The molecule has 3 N–H and O–H groups in total. The summed E-state index contributed by atoms with van der Waals surface area (Å²) in [6.45, 7) is 4.35. The monoisotopic (exact) mass is 402 g/mol. The highest BCUT2D eigenvalue weighted by atomic mass is 19.1. The number of aryl methyl sites for hydroxylation is 2. The molecule has 0 radical (unpaired) electrons. The molecule has 4 aromatic rings. The number of amides is 1. The molecule has 5 heteroatoms. The lowest BCUT2D eigenvalue weighted by atomic mass is 10.0. The Balaban J connectivity index is 1.41. The van der Waals surface area contributed by atoms with Crippen LogP contribution in [-0.2, 0) is 11.2 Å². The third kappa shape index (κ3) is 3.92. The molecule has 4 rings (SSSR count). The molecule has 0 fully saturated rings. The first-order valence-corrected chi connectivity index (χ1v) is 9.87. The van der Waals surface area contributed by atoms with Gasteiger partial charge in [-0.25, -0.2) is 4.39 Å². The summed E-state index contributed by atoms with van der Waals surface area (Å²) < 4.78 is 14.1. The summed E-state index contributed by atoms with van der Waals surface area (Å²) in [6.07, 6.45) is 3.89. The predicted octanol–water partition coefficient (Wildman–Crippen LogP) is 5.15. The fourth-order valence-electron chi connectivity index (χ4n) is 3.85. The number of hydrogen-bond acceptors (Lipinski definition) is 2. The minimum Gasteiger partial charge on any atom is -0.508 e. The van der Waals surface area contributed by atoms with Gasteiger partial charge in [-0.05, 0) is 78.1 Å². The van der Waals surface area contributed by atoms with E-state index in [4.69, 9.17) is 0 Å². The second-order valence-corrected chi connectivity index (χ2v) is 7.51. The number of carbonyl (C=O) groups excluding carboxylic acids is 1. The van der Waals surface area contributed by atoms with E-state index in [1.54, 1.807) is 24.3 Å². The number of aromatic nitrogens is 1. The number of aromatic hydroxyl groups is 1. The number of nitrogens with one attached hydrogen (secondary N) is 2. The first-order valence-electron chi connectivity index (χ1n) is 9.87. The minimum atomic E-state index is -0.262. The number of benzene rings is 3. The topological polar surface area (TPSA) is 65.1 Å². The molecule has 1 aromatic heterocycles. The van der Waals surface area contributed by atoms with Crippen molar-refractivity contribution in [2.75, 3.05) is 6.54 Å². The Hall–Kier alpha value is -3.60. The second-order valence-electron chi connectivity index (χ2n) is 7.51. The first kappa shape index (κ1) is 19.7. The van der Waals surface area contributed by atoms with Gasteiger partial charge in [-0.1, -0.05) is 24.3 Å². The second kappa shape index (κ2) is 8.03. The molecule has 1 heterocycles. The lowest BCUT2D eigenvalue weighted by molar-refractivity contribution is -0.116. The summed E-state index contributed by atoms with van der Waals surface area (Å²) in [6, 6.07) is 14.2. The third-order valence-electron chi connectivity index (χ3n) is 5.38. The van der Waals surface area contributed by atoms with Gasteiger partial charge < -0.3 is 15.4 Å². The van der Waals surface area contributed by atoms with Gasteiger partial charge in [-0.2, -0.15) is 0 Å². The summed E-state index contributed by atoms with van der Waals surface area (Å²) >= 11 is 0. The van der Waals surface area contributed by atoms with Crippen LogP contribution < -0.4 is 5.32 Å². The van der Waals surface area contributed by atoms with E-state index in [9.17, 15) is 14.3 Å². The van der Waals surface area contributed by atoms with Gasteiger partial charge in [-0.3, -0.25) is 4.79 Å². The smallest absolute Gasteiger partial charge is 0.244 e. The number of rotatable bonds is 5. The van der Waals surface area contributed by atoms with E-state index in [2.05, 4.69) is 10.3 Å². The highest BCUT2D eigenvalue weighted by Crippen LogP contribution is 2.28. The molecule has 0 aliphatic rings. The van der Waals surface area contributed by atoms with Gasteiger partial charge in [-0.15, -0.1) is 0 Å². The maximum atomic E-state index is 14.1. The molecule has 152 valence electrons. The maximum Gasteiger partial charge on any atom is 0.244 e. The van der Waals surface area contributed by atoms with Crippen LogP contribution in [0.5, 0.6) is 5.75 Å². The van der Waals surface area contributed by atoms with Crippen LogP contribution in [0.25, 0.3) is 27.8 Å². The predicted molar refractivity (Wildman–Crippen MR) is 119 cm³/mol. The largest absolute Gasteiger partial charge is 0.508 e. The molecule has 0 bridgehead atoms. The number of halogens is 1. The lowest BCUT2D eigenvalue weighted by Gasteiger charge is -2.05. The SMILES string of the molecule is Cc1[nH]c2c(F)ccc(C)c2c1CCNC(=O)/C=C/c1ccc2cc(O)ccc2c1. The zero-order chi connectivity index (χ0) is 21.3. The van der Waals surface area contributed by atoms with Crippen LogP contribution in [0, 0.1) is 19.7 Å². The van der Waals surface area contributed by atoms with Gasteiger partial charge in [0.25, 0.3) is 0 Å². The van der Waals surface area contributed by atoms with Crippen molar-refractivity contribution >= 4 is 33.7 Å². The fourth-order valence-corrected chi connectivity index (χ4v) is 3.85. The number of phenolic OH excluding ortho intramolecular Hbond substituents is 1. The molecule has 0 unspecified atom stereocenters. The molecule has 0 atom stereocenters. The Kier molecular flexibility index (Phi) is 5.27. The van der Waals surface area contributed by atoms with Gasteiger partial charge in [0.1, 0.15) is 11.6 Å². The van der Waals surface area contributed by atoms with Crippen molar-refractivity contribution < 1.29 is 14.3 Å². The van der Waals surface area contributed by atoms with E-state index in [0.29, 0.717) is 18.5 Å². The van der Waals surface area contributed by atoms with E-state index < -0.39 is 0 Å². The normalized spacial score (nSPS) is 11.6. The summed E-state index contributed by atoms with van der Waals surface area (Å²) in [5, 5.41) is 15.3. The fraction of sp³-hybridized carbons (Fsp3) is 0.160. The summed E-state index contributed by atoms with van der Waals surface area (Å²) in [4.78, 5) is 15.3. The zero-order valence-corrected chi connectivity index (χ0v) is 16.9. The molecule has 30 heavy (non-hydrogen) atoms. The molecule has 0 saturated carbocycles. The van der Waals surface area contributed by atoms with Crippen molar-refractivity contribution in [2.24, 2.45) is 0 Å². The number of hydrogen-bond donors (Lipinski definition) is 3. The summed E-state index contributed by atoms with van der Waals surface area (Å²) in [5.74, 6) is -0.211. The number of phenols is 1. The molecule has 0 aliphatic heterocycles. The Morgan fingerprint density at radius 3 is 2.70 bits per heavy atom. The van der Waals surface area contributed by atoms with Crippen LogP contribution >= 0.6 is 0 Å². The molecule has 0 spiro atoms. The molecular weight excluding hydrogens is 379 g/mol. The van der Waals surface area contributed by atoms with Gasteiger partial charge in [0.05, 0.1) is 5.52 Å². The van der Waals surface area contributed by atoms with Gasteiger partial charge in [0.15, 0.2) is 0 Å². The molecule has 4 nitrogen and oxygen atoms in total. The van der Waals surface area contributed by atoms with Crippen LogP contribution in [0.1, 0.15) is 22.4 Å². The number of H-pyrrole nitrogens is 1. The number of carbonyl (C=O) groups is 1. The van der Waals surface area contributed by atoms with Crippen molar-refractivity contribution in [2.45, 2.75) is 20.3 Å². The van der Waals surface area contributed by atoms with Crippen LogP contribution in [0.15, 0.2) is 54.6 Å². The maximum absolute atomic E-state index is 14.1. The van der Waals surface area contributed by atoms with Crippen LogP contribution in [0.2, 0.25) is 0 Å². The molecule has 0 saturated heterocycles. The van der Waals surface area contributed by atoms with E-state index in [1.165, 1.54) is 12.1 Å². The summed E-state index contributed by atoms with van der Waals surface area (Å²) in [5.41, 5.74) is 4.40. The number of fused-ring (bicyclic) bond motifs is 2. The van der Waals surface area contributed by atoms with Crippen LogP contribution in [-0.4, -0.2) is 22.5 Å². The van der Waals surface area contributed by atoms with Crippen molar-refractivity contribution in [1.82, 2.24) is 10.3 Å². The van der Waals surface area contributed by atoms with Crippen molar-refractivity contribution in [3.05, 3.63) is 82.8 Å². The number of aromatic amines is 1. The molecule has 3 aromatic carbocycles. The zero-order valence-electron chi connectivity index (χ0n) is 16.9. The van der Waals surface area contributed by atoms with Gasteiger partial charge in [0, 0.05) is 23.7 Å². The van der Waals surface area contributed by atoms with E-state index in [1.807, 2.05) is 38.1 Å². The van der Waals surface area contributed by atoms with Crippen molar-refractivity contribution in [3.8, 4) is 5.75 Å². The average Bonchev–Trinajstić information content (AvgIpc) is 3.06. The van der Waals surface area contributed by atoms with Crippen LogP contribution in [0.3, 0.4) is 0 Å². The quantitative estimate of drug-likeness (QED) is 0.404. The highest BCUT2D eigenvalue weighted by molar-refractivity contribution is 5.93. The van der Waals surface area contributed by atoms with E-state index >= 15 is 0 Å². The van der Waals surface area contributed by atoms with Crippen LogP contribution in [0.4, 0.5) is 4.39 Å². The van der Waals surface area contributed by atoms with Gasteiger partial charge >= 0.3 is 0 Å². The standard InChI is InChI=1S/C25H23FN2O2/c1-15-3-9-22(26)25-24(15)21(16(2)28-25)11-12-27-23(30)10-5-17-4-6-19-14-20(29)8-7-18(19)13-17/h3-10,13-14,28-29H,11-12H2,1-2H3,(H,27,30)/b10-5+. The third-order valence-corrected chi connectivity index (χ3v) is 5.38. The molecule has 1 amide bonds. The Bertz CT molecular complexity index is 1290. The first-order chi connectivity index (χ1) is 14.4. The molecule has 0 aliphatic carbocycles. The Labute approximate surface area is 174 Å². The van der Waals surface area contributed by atoms with Crippen molar-refractivity contribution in [1.29, 1.82) is 0 Å². The lowest BCUT2D eigenvalue weighted by Crippen LogP contribution is -2.23. The van der Waals surface area contributed by atoms with Crippen molar-refractivity contribution in [3.63, 3.8) is 0 Å². The Morgan fingerprint density at radius 2 is 1.87 bits per heavy atom. The van der Waals surface area contributed by atoms with E-state index in [0.717, 1.165) is 38.5 Å². The highest BCUT2D eigenvalue weighted by Gasteiger charge is 2.13. The molecular formula is C25H23FN2O2. The Morgan fingerprint density at radius 1 is 1.10 bits per heavy atom. The van der Waals surface area contributed by atoms with E-state index in [-0.39, 0.29) is 17.5 Å². The average molecular weight is 402 g/mol.